The molecule has 1 aromatic heterocycles. The van der Waals surface area contributed by atoms with Crippen LogP contribution in [-0.2, 0) is 23.2 Å². The van der Waals surface area contributed by atoms with Crippen LogP contribution in [0.25, 0.3) is 0 Å². The normalized spacial score (nSPS) is 11.9. The van der Waals surface area contributed by atoms with Crippen molar-refractivity contribution in [3.63, 3.8) is 0 Å². The van der Waals surface area contributed by atoms with Crippen LogP contribution in [0.3, 0.4) is 0 Å². The summed E-state index contributed by atoms with van der Waals surface area (Å²) in [5.41, 5.74) is 0. The van der Waals surface area contributed by atoms with Crippen molar-refractivity contribution in [2.75, 3.05) is 5.75 Å². The summed E-state index contributed by atoms with van der Waals surface area (Å²) in [6.07, 6.45) is 22.6. The van der Waals surface area contributed by atoms with E-state index < -0.39 is 10.1 Å². The summed E-state index contributed by atoms with van der Waals surface area (Å²) in [6.45, 7) is 3.84. The molecule has 0 aromatic carbocycles. The van der Waals surface area contributed by atoms with Gasteiger partial charge < -0.3 is 4.55 Å². The third kappa shape index (κ3) is 13.3. The van der Waals surface area contributed by atoms with Crippen molar-refractivity contribution in [3.8, 4) is 0 Å². The molecule has 0 N–H and O–H groups in total. The standard InChI is InChI=1S/C20H38N2O3S/c1-2-3-4-5-6-7-8-9-10-11-12-13-15-21-17-18-22(20-21)16-14-19-26(23,24)25/h17-18,20H,2-16,19H2,1H3. The van der Waals surface area contributed by atoms with Crippen LogP contribution in [0.5, 0.6) is 0 Å². The maximum Gasteiger partial charge on any atom is 0.243 e. The van der Waals surface area contributed by atoms with Crippen molar-refractivity contribution < 1.29 is 17.5 Å². The minimum absolute atomic E-state index is 0.288. The molecule has 5 nitrogen and oxygen atoms in total. The molecule has 0 aliphatic heterocycles. The van der Waals surface area contributed by atoms with Gasteiger partial charge in [0.1, 0.15) is 12.4 Å². The van der Waals surface area contributed by atoms with Gasteiger partial charge in [0, 0.05) is 5.75 Å². The van der Waals surface area contributed by atoms with Gasteiger partial charge in [-0.15, -0.1) is 0 Å². The predicted molar refractivity (Wildman–Crippen MR) is 105 cm³/mol. The molecule has 0 aliphatic rings. The quantitative estimate of drug-likeness (QED) is 0.226. The monoisotopic (exact) mass is 386 g/mol. The van der Waals surface area contributed by atoms with Crippen molar-refractivity contribution in [1.82, 2.24) is 4.57 Å². The molecule has 0 saturated carbocycles. The molecular weight excluding hydrogens is 348 g/mol. The van der Waals surface area contributed by atoms with Crippen molar-refractivity contribution in [2.24, 2.45) is 0 Å². The first-order chi connectivity index (χ1) is 12.5. The lowest BCUT2D eigenvalue weighted by Gasteiger charge is -2.04. The van der Waals surface area contributed by atoms with Gasteiger partial charge in [0.05, 0.1) is 23.2 Å². The van der Waals surface area contributed by atoms with E-state index in [1.165, 1.54) is 77.0 Å². The number of rotatable bonds is 17. The SMILES string of the molecule is CCCCCCCCCCCCCCn1cc[n+](CCCS(=O)(=O)[O-])c1. The molecule has 6 heteroatoms. The lowest BCUT2D eigenvalue weighted by atomic mass is 10.1. The molecule has 1 rings (SSSR count). The Morgan fingerprint density at radius 2 is 1.38 bits per heavy atom. The van der Waals surface area contributed by atoms with Crippen molar-refractivity contribution in [1.29, 1.82) is 0 Å². The molecule has 0 saturated heterocycles. The van der Waals surface area contributed by atoms with Crippen LogP contribution in [-0.4, -0.2) is 23.3 Å². The molecule has 0 spiro atoms. The predicted octanol–water partition coefficient (Wildman–Crippen LogP) is 4.41. The summed E-state index contributed by atoms with van der Waals surface area (Å²) in [4.78, 5) is 0. The molecule has 26 heavy (non-hydrogen) atoms. The number of hydrogen-bond acceptors (Lipinski definition) is 3. The van der Waals surface area contributed by atoms with Crippen LogP contribution in [0.1, 0.15) is 90.4 Å². The maximum absolute atomic E-state index is 10.6. The van der Waals surface area contributed by atoms with E-state index in [4.69, 9.17) is 0 Å². The lowest BCUT2D eigenvalue weighted by Crippen LogP contribution is -2.32. The van der Waals surface area contributed by atoms with Gasteiger partial charge >= 0.3 is 0 Å². The zero-order chi connectivity index (χ0) is 19.1. The first-order valence-corrected chi connectivity index (χ1v) is 12.1. The molecule has 1 heterocycles. The van der Waals surface area contributed by atoms with Gasteiger partial charge in [-0.05, 0) is 19.3 Å². The van der Waals surface area contributed by atoms with Gasteiger partial charge in [-0.3, -0.25) is 0 Å². The molecule has 1 aromatic rings. The Bertz CT molecular complexity index is 555. The summed E-state index contributed by atoms with van der Waals surface area (Å²) < 4.78 is 35.9. The number of aryl methyl sites for hydroxylation is 2. The van der Waals surface area contributed by atoms with Crippen LogP contribution in [0.4, 0.5) is 0 Å². The molecule has 0 unspecified atom stereocenters. The van der Waals surface area contributed by atoms with Gasteiger partial charge in [-0.1, -0.05) is 71.1 Å². The summed E-state index contributed by atoms with van der Waals surface area (Å²) in [5, 5.41) is 0. The zero-order valence-electron chi connectivity index (χ0n) is 16.6. The zero-order valence-corrected chi connectivity index (χ0v) is 17.4. The van der Waals surface area contributed by atoms with Gasteiger partial charge in [-0.2, -0.15) is 0 Å². The fourth-order valence-electron chi connectivity index (χ4n) is 3.26. The molecule has 0 atom stereocenters. The van der Waals surface area contributed by atoms with Crippen LogP contribution in [0.2, 0.25) is 0 Å². The first kappa shape index (κ1) is 23.2. The van der Waals surface area contributed by atoms with E-state index in [1.54, 1.807) is 0 Å². The van der Waals surface area contributed by atoms with E-state index in [2.05, 4.69) is 11.5 Å². The van der Waals surface area contributed by atoms with E-state index in [0.717, 1.165) is 6.54 Å². The average molecular weight is 387 g/mol. The molecule has 0 amide bonds. The van der Waals surface area contributed by atoms with Crippen molar-refractivity contribution >= 4 is 10.1 Å². The Labute approximate surface area is 160 Å². The van der Waals surface area contributed by atoms with Crippen LogP contribution in [0, 0.1) is 0 Å². The number of nitrogens with zero attached hydrogens (tertiary/aromatic N) is 2. The number of aromatic nitrogens is 2. The molecule has 152 valence electrons. The average Bonchev–Trinajstić information content (AvgIpc) is 3.02. The topological polar surface area (TPSA) is 66.0 Å². The Balaban J connectivity index is 1.94. The van der Waals surface area contributed by atoms with Crippen LogP contribution in [0.15, 0.2) is 18.7 Å². The Morgan fingerprint density at radius 1 is 0.846 bits per heavy atom. The van der Waals surface area contributed by atoms with E-state index in [1.807, 2.05) is 23.3 Å². The smallest absolute Gasteiger partial charge is 0.243 e. The van der Waals surface area contributed by atoms with Gasteiger partial charge in [0.15, 0.2) is 0 Å². The summed E-state index contributed by atoms with van der Waals surface area (Å²) in [5.74, 6) is -0.288. The third-order valence-corrected chi connectivity index (χ3v) is 5.62. The van der Waals surface area contributed by atoms with E-state index in [-0.39, 0.29) is 5.75 Å². The molecular formula is C20H38N2O3S. The third-order valence-electron chi connectivity index (χ3n) is 4.83. The Morgan fingerprint density at radius 3 is 1.92 bits per heavy atom. The minimum atomic E-state index is -4.09. The number of imidazole rings is 1. The second-order valence-electron chi connectivity index (χ2n) is 7.39. The summed E-state index contributed by atoms with van der Waals surface area (Å²) >= 11 is 0. The molecule has 0 aliphatic carbocycles. The molecule has 0 fully saturated rings. The highest BCUT2D eigenvalue weighted by molar-refractivity contribution is 7.85. The van der Waals surface area contributed by atoms with E-state index in [9.17, 15) is 13.0 Å². The fraction of sp³-hybridized carbons (Fsp3) is 0.850. The molecule has 0 radical (unpaired) electrons. The summed E-state index contributed by atoms with van der Waals surface area (Å²) in [7, 11) is -4.09. The Kier molecular flexibility index (Phi) is 12.7. The highest BCUT2D eigenvalue weighted by Crippen LogP contribution is 2.12. The summed E-state index contributed by atoms with van der Waals surface area (Å²) in [6, 6.07) is 0. The maximum atomic E-state index is 10.6. The highest BCUT2D eigenvalue weighted by atomic mass is 32.2. The molecule has 0 bridgehead atoms. The van der Waals surface area contributed by atoms with Crippen molar-refractivity contribution in [2.45, 2.75) is 103 Å². The first-order valence-electron chi connectivity index (χ1n) is 10.5. The number of hydrogen-bond donors (Lipinski definition) is 0. The van der Waals surface area contributed by atoms with Crippen molar-refractivity contribution in [3.05, 3.63) is 18.7 Å². The fourth-order valence-corrected chi connectivity index (χ4v) is 3.75. The second-order valence-corrected chi connectivity index (χ2v) is 8.92. The van der Waals surface area contributed by atoms with E-state index >= 15 is 0 Å². The van der Waals surface area contributed by atoms with Gasteiger partial charge in [0.2, 0.25) is 6.33 Å². The lowest BCUT2D eigenvalue weighted by molar-refractivity contribution is -0.696. The van der Waals surface area contributed by atoms with Gasteiger partial charge in [-0.25, -0.2) is 17.6 Å². The van der Waals surface area contributed by atoms with Crippen LogP contribution >= 0.6 is 0 Å². The highest BCUT2D eigenvalue weighted by Gasteiger charge is 2.04. The van der Waals surface area contributed by atoms with Gasteiger partial charge in [0.25, 0.3) is 0 Å². The minimum Gasteiger partial charge on any atom is -0.748 e. The Hall–Kier alpha value is -0.880. The van der Waals surface area contributed by atoms with Crippen LogP contribution < -0.4 is 4.57 Å². The largest absolute Gasteiger partial charge is 0.748 e. The second kappa shape index (κ2) is 14.2. The van der Waals surface area contributed by atoms with E-state index in [0.29, 0.717) is 13.0 Å². The number of unbranched alkanes of at least 4 members (excludes halogenated alkanes) is 11.